The summed E-state index contributed by atoms with van der Waals surface area (Å²) >= 11 is 5.87. The maximum atomic E-state index is 12.9. The minimum Gasteiger partial charge on any atom is -0.497 e. The molecule has 0 aliphatic rings. The Bertz CT molecular complexity index is 1230. The summed E-state index contributed by atoms with van der Waals surface area (Å²) in [6.07, 6.45) is 0.667. The number of hydrogen-bond acceptors (Lipinski definition) is 5. The van der Waals surface area contributed by atoms with Gasteiger partial charge in [0.05, 0.1) is 19.1 Å². The number of carbonyl (C=O) groups excluding carboxylic acids is 1. The minimum absolute atomic E-state index is 0.0289. The standard InChI is InChI=1S/C25H27ClN2O5S/c1-28(34(30,31)23-11-7-21(26)8-12-23)17-20-16-19(6-13-24(20)33-3)25(29)27-15-14-18-4-9-22(32-2)10-5-18/h4-13,16H,14-15,17H2,1-3H3,(H,27,29). The number of sulfonamides is 1. The molecule has 1 N–H and O–H groups in total. The van der Waals surface area contributed by atoms with Crippen molar-refractivity contribution in [1.82, 2.24) is 9.62 Å². The molecular weight excluding hydrogens is 476 g/mol. The van der Waals surface area contributed by atoms with Gasteiger partial charge in [0.2, 0.25) is 10.0 Å². The average Bonchev–Trinajstić information content (AvgIpc) is 2.84. The Balaban J connectivity index is 1.69. The topological polar surface area (TPSA) is 84.9 Å². The zero-order chi connectivity index (χ0) is 24.7. The lowest BCUT2D eigenvalue weighted by atomic mass is 10.1. The zero-order valence-corrected chi connectivity index (χ0v) is 20.8. The normalized spacial score (nSPS) is 11.3. The van der Waals surface area contributed by atoms with E-state index in [1.165, 1.54) is 42.7 Å². The highest BCUT2D eigenvalue weighted by Gasteiger charge is 2.22. The van der Waals surface area contributed by atoms with E-state index in [0.29, 0.717) is 34.9 Å². The fourth-order valence-corrected chi connectivity index (χ4v) is 4.64. The average molecular weight is 503 g/mol. The van der Waals surface area contributed by atoms with Crippen LogP contribution >= 0.6 is 11.6 Å². The summed E-state index contributed by atoms with van der Waals surface area (Å²) in [7, 11) is 0.840. The first kappa shape index (κ1) is 25.6. The van der Waals surface area contributed by atoms with E-state index in [-0.39, 0.29) is 17.3 Å². The number of amides is 1. The first-order chi connectivity index (χ1) is 16.2. The Morgan fingerprint density at radius 2 is 1.65 bits per heavy atom. The second-order valence-electron chi connectivity index (χ2n) is 7.60. The van der Waals surface area contributed by atoms with Crippen LogP contribution in [-0.2, 0) is 23.0 Å². The van der Waals surface area contributed by atoms with Crippen LogP contribution in [0, 0.1) is 0 Å². The number of ether oxygens (including phenoxy) is 2. The van der Waals surface area contributed by atoms with E-state index in [1.54, 1.807) is 25.3 Å². The van der Waals surface area contributed by atoms with E-state index < -0.39 is 10.0 Å². The van der Waals surface area contributed by atoms with Gasteiger partial charge in [-0.05, 0) is 66.6 Å². The Kier molecular flexibility index (Phi) is 8.55. The Hall–Kier alpha value is -3.07. The van der Waals surface area contributed by atoms with Crippen LogP contribution in [-0.4, -0.2) is 46.4 Å². The van der Waals surface area contributed by atoms with Crippen molar-refractivity contribution in [3.8, 4) is 11.5 Å². The van der Waals surface area contributed by atoms with E-state index in [2.05, 4.69) is 5.32 Å². The van der Waals surface area contributed by atoms with Crippen LogP contribution in [0.5, 0.6) is 11.5 Å². The third-order valence-corrected chi connectivity index (χ3v) is 7.39. The summed E-state index contributed by atoms with van der Waals surface area (Å²) in [5, 5.41) is 3.35. The van der Waals surface area contributed by atoms with Crippen molar-refractivity contribution in [2.75, 3.05) is 27.8 Å². The highest BCUT2D eigenvalue weighted by molar-refractivity contribution is 7.89. The molecule has 0 spiro atoms. The maximum absolute atomic E-state index is 12.9. The SMILES string of the molecule is COc1ccc(CCNC(=O)c2ccc(OC)c(CN(C)S(=O)(=O)c3ccc(Cl)cc3)c2)cc1. The summed E-state index contributed by atoms with van der Waals surface area (Å²) in [5.41, 5.74) is 2.07. The van der Waals surface area contributed by atoms with E-state index in [1.807, 2.05) is 24.3 Å². The molecule has 0 fully saturated rings. The van der Waals surface area contributed by atoms with Crippen LogP contribution in [0.25, 0.3) is 0 Å². The van der Waals surface area contributed by atoms with Gasteiger partial charge in [0.1, 0.15) is 11.5 Å². The van der Waals surface area contributed by atoms with Crippen molar-refractivity contribution < 1.29 is 22.7 Å². The Morgan fingerprint density at radius 3 is 2.26 bits per heavy atom. The number of methoxy groups -OCH3 is 2. The summed E-state index contributed by atoms with van der Waals surface area (Å²) in [5.74, 6) is 1.02. The monoisotopic (exact) mass is 502 g/mol. The van der Waals surface area contributed by atoms with E-state index in [4.69, 9.17) is 21.1 Å². The lowest BCUT2D eigenvalue weighted by molar-refractivity contribution is 0.0954. The van der Waals surface area contributed by atoms with Crippen molar-refractivity contribution in [2.24, 2.45) is 0 Å². The molecule has 0 saturated heterocycles. The molecule has 0 heterocycles. The predicted octanol–water partition coefficient (Wildman–Crippen LogP) is 4.15. The molecule has 0 bridgehead atoms. The molecule has 0 aromatic heterocycles. The van der Waals surface area contributed by atoms with Crippen LogP contribution in [0.3, 0.4) is 0 Å². The number of nitrogens with zero attached hydrogens (tertiary/aromatic N) is 1. The largest absolute Gasteiger partial charge is 0.497 e. The summed E-state index contributed by atoms with van der Waals surface area (Å²) in [6, 6.07) is 18.6. The predicted molar refractivity (Wildman–Crippen MR) is 132 cm³/mol. The van der Waals surface area contributed by atoms with E-state index >= 15 is 0 Å². The Labute approximate surface area is 205 Å². The van der Waals surface area contributed by atoms with Crippen LogP contribution in [0.2, 0.25) is 5.02 Å². The van der Waals surface area contributed by atoms with Crippen LogP contribution in [0.1, 0.15) is 21.5 Å². The number of hydrogen-bond donors (Lipinski definition) is 1. The molecule has 3 aromatic rings. The fourth-order valence-electron chi connectivity index (χ4n) is 3.37. The number of carbonyl (C=O) groups is 1. The first-order valence-electron chi connectivity index (χ1n) is 10.5. The number of rotatable bonds is 10. The van der Waals surface area contributed by atoms with Crippen LogP contribution < -0.4 is 14.8 Å². The number of nitrogens with one attached hydrogen (secondary N) is 1. The van der Waals surface area contributed by atoms with Gasteiger partial charge >= 0.3 is 0 Å². The third-order valence-electron chi connectivity index (χ3n) is 5.32. The van der Waals surface area contributed by atoms with Crippen molar-refractivity contribution in [1.29, 1.82) is 0 Å². The minimum atomic E-state index is -3.75. The molecule has 0 radical (unpaired) electrons. The van der Waals surface area contributed by atoms with Crippen LogP contribution in [0.4, 0.5) is 0 Å². The van der Waals surface area contributed by atoms with Crippen LogP contribution in [0.15, 0.2) is 71.6 Å². The molecule has 180 valence electrons. The number of benzene rings is 3. The van der Waals surface area contributed by atoms with Gasteiger partial charge in [-0.1, -0.05) is 23.7 Å². The van der Waals surface area contributed by atoms with E-state index in [9.17, 15) is 13.2 Å². The first-order valence-corrected chi connectivity index (χ1v) is 12.4. The molecule has 7 nitrogen and oxygen atoms in total. The highest BCUT2D eigenvalue weighted by Crippen LogP contribution is 2.25. The van der Waals surface area contributed by atoms with Gasteiger partial charge in [0, 0.05) is 36.3 Å². The summed E-state index contributed by atoms with van der Waals surface area (Å²) in [4.78, 5) is 12.8. The molecule has 0 saturated carbocycles. The smallest absolute Gasteiger partial charge is 0.251 e. The molecule has 0 unspecified atom stereocenters. The van der Waals surface area contributed by atoms with Gasteiger partial charge in [-0.25, -0.2) is 8.42 Å². The zero-order valence-electron chi connectivity index (χ0n) is 19.2. The molecule has 3 rings (SSSR count). The molecule has 34 heavy (non-hydrogen) atoms. The van der Waals surface area contributed by atoms with Gasteiger partial charge in [0.15, 0.2) is 0 Å². The Morgan fingerprint density at radius 1 is 0.971 bits per heavy atom. The summed E-state index contributed by atoms with van der Waals surface area (Å²) < 4.78 is 37.6. The molecule has 0 aliphatic carbocycles. The second-order valence-corrected chi connectivity index (χ2v) is 10.1. The maximum Gasteiger partial charge on any atom is 0.251 e. The van der Waals surface area contributed by atoms with Gasteiger partial charge in [-0.3, -0.25) is 4.79 Å². The quantitative estimate of drug-likeness (QED) is 0.450. The van der Waals surface area contributed by atoms with Crippen molar-refractivity contribution in [2.45, 2.75) is 17.9 Å². The van der Waals surface area contributed by atoms with Gasteiger partial charge in [0.25, 0.3) is 5.91 Å². The molecule has 0 aliphatic heterocycles. The van der Waals surface area contributed by atoms with E-state index in [0.717, 1.165) is 11.3 Å². The van der Waals surface area contributed by atoms with Crippen molar-refractivity contribution in [3.05, 3.63) is 88.4 Å². The molecule has 0 atom stereocenters. The van der Waals surface area contributed by atoms with Gasteiger partial charge in [-0.2, -0.15) is 4.31 Å². The number of halogens is 1. The van der Waals surface area contributed by atoms with Gasteiger partial charge < -0.3 is 14.8 Å². The molecule has 1 amide bonds. The third kappa shape index (κ3) is 6.28. The lowest BCUT2D eigenvalue weighted by Crippen LogP contribution is -2.28. The highest BCUT2D eigenvalue weighted by atomic mass is 35.5. The van der Waals surface area contributed by atoms with Crippen molar-refractivity contribution >= 4 is 27.5 Å². The molecule has 9 heteroatoms. The summed E-state index contributed by atoms with van der Waals surface area (Å²) in [6.45, 7) is 0.485. The fraction of sp³-hybridized carbons (Fsp3) is 0.240. The van der Waals surface area contributed by atoms with Gasteiger partial charge in [-0.15, -0.1) is 0 Å². The molecule has 3 aromatic carbocycles. The second kappa shape index (κ2) is 11.4. The lowest BCUT2D eigenvalue weighted by Gasteiger charge is -2.19. The molecular formula is C25H27ClN2O5S. The van der Waals surface area contributed by atoms with Crippen molar-refractivity contribution in [3.63, 3.8) is 0 Å².